The van der Waals surface area contributed by atoms with Crippen LogP contribution in [0.25, 0.3) is 10.9 Å². The maximum absolute atomic E-state index is 13.5. The number of carbonyl (C=O) groups is 1. The van der Waals surface area contributed by atoms with Crippen molar-refractivity contribution in [1.82, 2.24) is 25.1 Å². The van der Waals surface area contributed by atoms with E-state index < -0.39 is 19.2 Å². The van der Waals surface area contributed by atoms with Gasteiger partial charge in [0.05, 0.1) is 30.7 Å². The van der Waals surface area contributed by atoms with E-state index in [0.717, 1.165) is 31.1 Å². The number of aromatic nitrogens is 4. The van der Waals surface area contributed by atoms with Gasteiger partial charge in [-0.05, 0) is 60.4 Å². The summed E-state index contributed by atoms with van der Waals surface area (Å²) in [6.07, 6.45) is 6.45. The number of halogens is 1. The summed E-state index contributed by atoms with van der Waals surface area (Å²) in [6.45, 7) is 13.8. The highest BCUT2D eigenvalue weighted by Crippen LogP contribution is 2.53. The van der Waals surface area contributed by atoms with Crippen molar-refractivity contribution >= 4 is 42.0 Å². The van der Waals surface area contributed by atoms with Gasteiger partial charge in [-0.3, -0.25) is 19.3 Å². The van der Waals surface area contributed by atoms with Gasteiger partial charge in [0, 0.05) is 41.5 Å². The lowest BCUT2D eigenvalue weighted by Gasteiger charge is -2.61. The zero-order valence-corrected chi connectivity index (χ0v) is 31.7. The Kier molecular flexibility index (Phi) is 12.1. The van der Waals surface area contributed by atoms with E-state index in [-0.39, 0.29) is 35.8 Å². The van der Waals surface area contributed by atoms with Crippen LogP contribution in [0.5, 0.6) is 5.75 Å². The van der Waals surface area contributed by atoms with E-state index in [1.807, 2.05) is 18.2 Å². The number of hydrogen-bond donors (Lipinski definition) is 5. The molecule has 1 amide bonds. The van der Waals surface area contributed by atoms with Crippen LogP contribution in [-0.2, 0) is 20.3 Å². The summed E-state index contributed by atoms with van der Waals surface area (Å²) >= 11 is 0. The van der Waals surface area contributed by atoms with E-state index in [2.05, 4.69) is 77.2 Å². The Morgan fingerprint density at radius 1 is 1.04 bits per heavy atom. The van der Waals surface area contributed by atoms with E-state index in [1.165, 1.54) is 24.5 Å². The number of phosphoric ester groups is 1. The maximum atomic E-state index is 13.5. The molecular weight excluding hydrogens is 688 g/mol. The van der Waals surface area contributed by atoms with Crippen molar-refractivity contribution in [3.63, 3.8) is 0 Å². The zero-order valence-electron chi connectivity index (χ0n) is 30.8. The lowest BCUT2D eigenvalue weighted by Crippen LogP contribution is -2.69. The molecule has 15 heteroatoms. The Bertz CT molecular complexity index is 1870. The van der Waals surface area contributed by atoms with Crippen molar-refractivity contribution in [2.75, 3.05) is 30.4 Å². The number of carbonyl (C=O) groups excluding carboxylic acids is 1. The first-order valence-electron chi connectivity index (χ1n) is 17.7. The maximum Gasteiger partial charge on any atom is 0.469 e. The third-order valence-electron chi connectivity index (χ3n) is 9.94. The molecule has 0 aliphatic heterocycles. The molecule has 0 radical (unpaired) electrons. The highest BCUT2D eigenvalue weighted by molar-refractivity contribution is 7.46. The number of fused-ring (bicyclic) bond motifs is 1. The molecule has 1 fully saturated rings. The van der Waals surface area contributed by atoms with Crippen molar-refractivity contribution in [3.05, 3.63) is 66.4 Å². The Morgan fingerprint density at radius 2 is 1.77 bits per heavy atom. The van der Waals surface area contributed by atoms with Gasteiger partial charge in [-0.15, -0.1) is 0 Å². The molecule has 282 valence electrons. The minimum Gasteiger partial charge on any atom is -0.493 e. The Hall–Kier alpha value is -3.94. The molecule has 0 spiro atoms. The predicted octanol–water partition coefficient (Wildman–Crippen LogP) is 7.37. The Labute approximate surface area is 304 Å². The van der Waals surface area contributed by atoms with E-state index in [4.69, 9.17) is 9.26 Å². The molecule has 0 saturated heterocycles. The first-order chi connectivity index (χ1) is 24.4. The first kappa shape index (κ1) is 39.3. The molecule has 5 rings (SSSR count). The lowest BCUT2D eigenvalue weighted by molar-refractivity contribution is -0.134. The molecule has 0 bridgehead atoms. The summed E-state index contributed by atoms with van der Waals surface area (Å²) in [6, 6.07) is 13.3. The average Bonchev–Trinajstić information content (AvgIpc) is 3.73. The standard InChI is InChI=1S/C37H51FN7O6P/c1-35(2,3)37(36(4,5)6,23-51-52(47,48)49)45(28-13-7-8-14-28)17-10-18-50-29-15-16-30-31(22-29)39-24-40-34(30)42-32-20-27(43-44-32)21-33(46)41-26-12-9-11-25(38)19-26/h9,11-12,15-16,19-20,22,24,28H,7-8,10,13-14,17-18,21,23H2,1-6H3,(H,41,46)(H2,47,48,49)(H2,39,40,42,43,44). The fourth-order valence-corrected chi connectivity index (χ4v) is 8.17. The normalized spacial score (nSPS) is 14.7. The summed E-state index contributed by atoms with van der Waals surface area (Å²) in [4.78, 5) is 43.3. The molecule has 0 atom stereocenters. The first-order valence-corrected chi connectivity index (χ1v) is 19.2. The molecule has 13 nitrogen and oxygen atoms in total. The van der Waals surface area contributed by atoms with Crippen LogP contribution in [0, 0.1) is 16.6 Å². The molecule has 4 aromatic rings. The third-order valence-corrected chi connectivity index (χ3v) is 10.4. The molecular formula is C37H51FN7O6P. The quantitative estimate of drug-likeness (QED) is 0.0608. The second kappa shape index (κ2) is 16.0. The van der Waals surface area contributed by atoms with Gasteiger partial charge in [0.15, 0.2) is 5.82 Å². The minimum atomic E-state index is -4.70. The van der Waals surface area contributed by atoms with Crippen LogP contribution in [0.4, 0.5) is 21.7 Å². The van der Waals surface area contributed by atoms with Crippen molar-refractivity contribution in [3.8, 4) is 5.75 Å². The fraction of sp³-hybridized carbons (Fsp3) is 0.514. The molecule has 1 aliphatic rings. The van der Waals surface area contributed by atoms with Crippen LogP contribution in [0.1, 0.15) is 79.3 Å². The van der Waals surface area contributed by atoms with E-state index in [0.29, 0.717) is 53.9 Å². The minimum absolute atomic E-state index is 0.0173. The highest BCUT2D eigenvalue weighted by atomic mass is 31.2. The van der Waals surface area contributed by atoms with E-state index >= 15 is 0 Å². The SMILES string of the molecule is CC(C)(C)C(COP(=O)(O)O)(N(CCCOc1ccc2c(Nc3cc(CC(=O)Nc4cccc(F)c4)[nH]n3)ncnc2c1)C1CCCC1)C(C)(C)C. The van der Waals surface area contributed by atoms with Gasteiger partial charge in [0.25, 0.3) is 0 Å². The van der Waals surface area contributed by atoms with Crippen molar-refractivity contribution in [2.24, 2.45) is 10.8 Å². The number of amides is 1. The summed E-state index contributed by atoms with van der Waals surface area (Å²) in [5, 5.41) is 13.7. The molecule has 1 aliphatic carbocycles. The number of nitrogens with one attached hydrogen (secondary N) is 3. The summed E-state index contributed by atoms with van der Waals surface area (Å²) in [7, 11) is -4.70. The predicted molar refractivity (Wildman–Crippen MR) is 199 cm³/mol. The van der Waals surface area contributed by atoms with Gasteiger partial charge in [-0.25, -0.2) is 18.9 Å². The largest absolute Gasteiger partial charge is 0.493 e. The molecule has 2 heterocycles. The van der Waals surface area contributed by atoms with Gasteiger partial charge in [-0.1, -0.05) is 60.5 Å². The molecule has 0 unspecified atom stereocenters. The van der Waals surface area contributed by atoms with Gasteiger partial charge < -0.3 is 25.2 Å². The molecule has 5 N–H and O–H groups in total. The number of H-pyrrole nitrogens is 1. The van der Waals surface area contributed by atoms with Crippen LogP contribution in [-0.4, -0.2) is 72.1 Å². The monoisotopic (exact) mass is 739 g/mol. The molecule has 2 aromatic carbocycles. The van der Waals surface area contributed by atoms with Crippen molar-refractivity contribution in [1.29, 1.82) is 0 Å². The number of anilines is 3. The van der Waals surface area contributed by atoms with Crippen molar-refractivity contribution in [2.45, 2.75) is 91.6 Å². The number of phosphoric acid groups is 1. The van der Waals surface area contributed by atoms with Gasteiger partial charge in [-0.2, -0.15) is 5.10 Å². The number of hydrogen-bond acceptors (Lipinski definition) is 9. The van der Waals surface area contributed by atoms with Crippen LogP contribution >= 0.6 is 7.82 Å². The van der Waals surface area contributed by atoms with Crippen LogP contribution in [0.15, 0.2) is 54.9 Å². The second-order valence-electron chi connectivity index (χ2n) is 15.5. The summed E-state index contributed by atoms with van der Waals surface area (Å²) < 4.78 is 37.0. The molecule has 52 heavy (non-hydrogen) atoms. The number of aromatic amines is 1. The number of ether oxygens (including phenoxy) is 1. The Balaban J connectivity index is 1.24. The fourth-order valence-electron chi connectivity index (χ4n) is 7.81. The van der Waals surface area contributed by atoms with E-state index in [1.54, 1.807) is 12.1 Å². The topological polar surface area (TPSA) is 175 Å². The average molecular weight is 740 g/mol. The lowest BCUT2D eigenvalue weighted by atomic mass is 9.59. The third kappa shape index (κ3) is 9.53. The van der Waals surface area contributed by atoms with Crippen LogP contribution < -0.4 is 15.4 Å². The molecule has 2 aromatic heterocycles. The van der Waals surface area contributed by atoms with Crippen molar-refractivity contribution < 1.29 is 32.8 Å². The molecule has 1 saturated carbocycles. The van der Waals surface area contributed by atoms with Gasteiger partial charge in [0.2, 0.25) is 5.91 Å². The Morgan fingerprint density at radius 3 is 2.44 bits per heavy atom. The number of rotatable bonds is 15. The van der Waals surface area contributed by atoms with Gasteiger partial charge >= 0.3 is 7.82 Å². The van der Waals surface area contributed by atoms with E-state index in [9.17, 15) is 23.5 Å². The smallest absolute Gasteiger partial charge is 0.469 e. The number of benzene rings is 2. The van der Waals surface area contributed by atoms with Gasteiger partial charge in [0.1, 0.15) is 23.7 Å². The van der Waals surface area contributed by atoms with Crippen LogP contribution in [0.2, 0.25) is 0 Å². The summed E-state index contributed by atoms with van der Waals surface area (Å²) in [5.41, 5.74) is 0.187. The number of nitrogens with zero attached hydrogens (tertiary/aromatic N) is 4. The summed E-state index contributed by atoms with van der Waals surface area (Å²) in [5.74, 6) is 0.901. The van der Waals surface area contributed by atoms with Crippen LogP contribution in [0.3, 0.4) is 0 Å². The highest BCUT2D eigenvalue weighted by Gasteiger charge is 2.57. The zero-order chi connectivity index (χ0) is 37.7. The second-order valence-corrected chi connectivity index (χ2v) is 16.7.